The highest BCUT2D eigenvalue weighted by Gasteiger charge is 1.95. The zero-order valence-corrected chi connectivity index (χ0v) is 4.74. The largest absolute Gasteiger partial charge is 0.497 e. The Morgan fingerprint density at radius 3 is 3.22 bits per heavy atom. The third-order valence-corrected chi connectivity index (χ3v) is 0.893. The fraction of sp³-hybridized carbons (Fsp3) is 0.167. The van der Waals surface area contributed by atoms with Gasteiger partial charge in [0.15, 0.2) is 0 Å². The number of ether oxygens (including phenoxy) is 2. The van der Waals surface area contributed by atoms with Crippen molar-refractivity contribution in [2.75, 3.05) is 6.61 Å². The van der Waals surface area contributed by atoms with Gasteiger partial charge in [0.05, 0.1) is 6.26 Å². The van der Waals surface area contributed by atoms with E-state index in [1.165, 1.54) is 6.26 Å². The summed E-state index contributed by atoms with van der Waals surface area (Å²) in [5, 5.41) is 0. The molecule has 1 aliphatic heterocycles. The predicted octanol–water partition coefficient (Wildman–Crippen LogP) is 0.587. The second kappa shape index (κ2) is 2.91. The van der Waals surface area contributed by atoms with E-state index in [2.05, 4.69) is 4.74 Å². The molecule has 0 saturated carbocycles. The Morgan fingerprint density at radius 1 is 1.78 bits per heavy atom. The molecule has 9 heavy (non-hydrogen) atoms. The Morgan fingerprint density at radius 2 is 2.67 bits per heavy atom. The van der Waals surface area contributed by atoms with E-state index in [0.717, 1.165) is 0 Å². The summed E-state index contributed by atoms with van der Waals surface area (Å²) >= 11 is 0. The average molecular weight is 126 g/mol. The lowest BCUT2D eigenvalue weighted by molar-refractivity contribution is -0.124. The van der Waals surface area contributed by atoms with Gasteiger partial charge in [-0.3, -0.25) is 4.79 Å². The fourth-order valence-electron chi connectivity index (χ4n) is 0.512. The van der Waals surface area contributed by atoms with Crippen molar-refractivity contribution in [2.24, 2.45) is 0 Å². The summed E-state index contributed by atoms with van der Waals surface area (Å²) < 4.78 is 9.29. The predicted molar refractivity (Wildman–Crippen MR) is 30.3 cm³/mol. The molecule has 0 spiro atoms. The van der Waals surface area contributed by atoms with Crippen LogP contribution in [0.15, 0.2) is 24.2 Å². The van der Waals surface area contributed by atoms with Crippen molar-refractivity contribution < 1.29 is 14.3 Å². The van der Waals surface area contributed by atoms with Gasteiger partial charge in [-0.05, 0) is 6.08 Å². The summed E-state index contributed by atoms with van der Waals surface area (Å²) in [4.78, 5) is 9.74. The Bertz CT molecular complexity index is 158. The fourth-order valence-corrected chi connectivity index (χ4v) is 0.512. The van der Waals surface area contributed by atoms with Gasteiger partial charge < -0.3 is 9.47 Å². The zero-order valence-electron chi connectivity index (χ0n) is 4.74. The normalized spacial score (nSPS) is 15.8. The molecule has 1 aliphatic rings. The molecule has 3 heteroatoms. The molecule has 1 heterocycles. The van der Waals surface area contributed by atoms with Crippen LogP contribution in [0.25, 0.3) is 0 Å². The lowest BCUT2D eigenvalue weighted by atomic mass is 10.4. The highest BCUT2D eigenvalue weighted by atomic mass is 16.5. The van der Waals surface area contributed by atoms with Crippen LogP contribution in [0.5, 0.6) is 0 Å². The summed E-state index contributed by atoms with van der Waals surface area (Å²) in [5.74, 6) is 0.538. The molecule has 0 atom stereocenters. The van der Waals surface area contributed by atoms with Gasteiger partial charge in [0.25, 0.3) is 6.47 Å². The molecule has 48 valence electrons. The Kier molecular flexibility index (Phi) is 1.90. The van der Waals surface area contributed by atoms with Crippen molar-refractivity contribution in [3.05, 3.63) is 24.2 Å². The van der Waals surface area contributed by atoms with Gasteiger partial charge in [0, 0.05) is 6.08 Å². The third kappa shape index (κ3) is 1.60. The van der Waals surface area contributed by atoms with Crippen LogP contribution < -0.4 is 0 Å². The van der Waals surface area contributed by atoms with E-state index in [0.29, 0.717) is 18.8 Å². The van der Waals surface area contributed by atoms with Crippen molar-refractivity contribution in [2.45, 2.75) is 0 Å². The summed E-state index contributed by atoms with van der Waals surface area (Å²) in [7, 11) is 0. The van der Waals surface area contributed by atoms with Crippen LogP contribution in [-0.4, -0.2) is 13.1 Å². The highest BCUT2D eigenvalue weighted by Crippen LogP contribution is 2.02. The van der Waals surface area contributed by atoms with Gasteiger partial charge in [0.1, 0.15) is 12.4 Å². The smallest absolute Gasteiger partial charge is 0.298 e. The van der Waals surface area contributed by atoms with Crippen LogP contribution in [0.2, 0.25) is 0 Å². The van der Waals surface area contributed by atoms with Crippen LogP contribution >= 0.6 is 0 Å². The molecule has 3 nitrogen and oxygen atoms in total. The molecule has 0 aliphatic carbocycles. The number of hydrogen-bond donors (Lipinski definition) is 0. The van der Waals surface area contributed by atoms with Gasteiger partial charge >= 0.3 is 0 Å². The lowest BCUT2D eigenvalue weighted by Crippen LogP contribution is -1.94. The van der Waals surface area contributed by atoms with Crippen LogP contribution in [0.4, 0.5) is 0 Å². The van der Waals surface area contributed by atoms with Crippen LogP contribution in [0.3, 0.4) is 0 Å². The van der Waals surface area contributed by atoms with E-state index in [1.54, 1.807) is 12.2 Å². The van der Waals surface area contributed by atoms with Gasteiger partial charge in [-0.2, -0.15) is 0 Å². The SMILES string of the molecule is O=COC1=CCOC=C1. The van der Waals surface area contributed by atoms with E-state index < -0.39 is 0 Å². The summed E-state index contributed by atoms with van der Waals surface area (Å²) in [6.45, 7) is 0.862. The Hall–Kier alpha value is -1.25. The molecular weight excluding hydrogens is 120 g/mol. The average Bonchev–Trinajstić information content (AvgIpc) is 1.91. The van der Waals surface area contributed by atoms with E-state index in [9.17, 15) is 4.79 Å². The van der Waals surface area contributed by atoms with E-state index in [4.69, 9.17) is 4.74 Å². The lowest BCUT2D eigenvalue weighted by Gasteiger charge is -2.03. The molecule has 0 fully saturated rings. The van der Waals surface area contributed by atoms with Crippen molar-refractivity contribution in [3.63, 3.8) is 0 Å². The molecule has 0 N–H and O–H groups in total. The monoisotopic (exact) mass is 126 g/mol. The van der Waals surface area contributed by atoms with Crippen LogP contribution in [0.1, 0.15) is 0 Å². The second-order valence-electron chi connectivity index (χ2n) is 1.46. The minimum absolute atomic E-state index is 0.390. The van der Waals surface area contributed by atoms with Gasteiger partial charge in [-0.25, -0.2) is 0 Å². The summed E-state index contributed by atoms with van der Waals surface area (Å²) in [6, 6.07) is 0. The van der Waals surface area contributed by atoms with Gasteiger partial charge in [0.2, 0.25) is 0 Å². The maximum atomic E-state index is 9.74. The number of allylic oxidation sites excluding steroid dienone is 1. The molecule has 0 radical (unpaired) electrons. The van der Waals surface area contributed by atoms with Crippen LogP contribution in [0, 0.1) is 0 Å². The molecule has 0 aromatic carbocycles. The molecule has 0 unspecified atom stereocenters. The standard InChI is InChI=1S/C6H6O3/c7-5-9-6-1-3-8-4-2-6/h1-3,5H,4H2. The van der Waals surface area contributed by atoms with Gasteiger partial charge in [-0.1, -0.05) is 0 Å². The van der Waals surface area contributed by atoms with Crippen molar-refractivity contribution in [1.82, 2.24) is 0 Å². The summed E-state index contributed by atoms with van der Waals surface area (Å²) in [5.41, 5.74) is 0. The summed E-state index contributed by atoms with van der Waals surface area (Å²) in [6.07, 6.45) is 4.74. The molecule has 0 saturated heterocycles. The number of carbonyl (C=O) groups is 1. The van der Waals surface area contributed by atoms with Crippen LogP contribution in [-0.2, 0) is 14.3 Å². The van der Waals surface area contributed by atoms with E-state index >= 15 is 0 Å². The number of rotatable bonds is 2. The van der Waals surface area contributed by atoms with Crippen molar-refractivity contribution >= 4 is 6.47 Å². The molecule has 0 aromatic heterocycles. The topological polar surface area (TPSA) is 35.5 Å². The molecule has 1 rings (SSSR count). The number of hydrogen-bond acceptors (Lipinski definition) is 3. The first kappa shape index (κ1) is 5.88. The van der Waals surface area contributed by atoms with E-state index in [-0.39, 0.29) is 0 Å². The minimum atomic E-state index is 0.390. The molecule has 0 amide bonds. The second-order valence-corrected chi connectivity index (χ2v) is 1.46. The van der Waals surface area contributed by atoms with E-state index in [1.807, 2.05) is 0 Å². The Balaban J connectivity index is 2.47. The third-order valence-electron chi connectivity index (χ3n) is 0.893. The highest BCUT2D eigenvalue weighted by molar-refractivity contribution is 5.41. The first-order chi connectivity index (χ1) is 4.43. The number of carbonyl (C=O) groups excluding carboxylic acids is 1. The zero-order chi connectivity index (χ0) is 6.53. The molecular formula is C6H6O3. The first-order valence-corrected chi connectivity index (χ1v) is 2.52. The molecule has 0 bridgehead atoms. The molecule has 0 aromatic rings. The Labute approximate surface area is 52.6 Å². The minimum Gasteiger partial charge on any atom is -0.497 e. The van der Waals surface area contributed by atoms with Gasteiger partial charge in [-0.15, -0.1) is 0 Å². The first-order valence-electron chi connectivity index (χ1n) is 2.52. The van der Waals surface area contributed by atoms with Crippen molar-refractivity contribution in [3.8, 4) is 0 Å². The maximum Gasteiger partial charge on any atom is 0.298 e. The maximum absolute atomic E-state index is 9.74. The van der Waals surface area contributed by atoms with Crippen molar-refractivity contribution in [1.29, 1.82) is 0 Å². The quantitative estimate of drug-likeness (QED) is 0.508.